The first-order chi connectivity index (χ1) is 62.3. The van der Waals surface area contributed by atoms with Gasteiger partial charge in [0, 0.05) is 6.20 Å². The van der Waals surface area contributed by atoms with Gasteiger partial charge in [0.1, 0.15) is 48.8 Å². The molecule has 3 fully saturated rings. The average molecular weight is 1940 g/mol. The lowest BCUT2D eigenvalue weighted by atomic mass is 10.1. The summed E-state index contributed by atoms with van der Waals surface area (Å²) in [6.45, 7) is 25.7. The molecule has 8 heterocycles. The second-order valence-corrected chi connectivity index (χ2v) is 37.3. The summed E-state index contributed by atoms with van der Waals surface area (Å²) >= 11 is 0. The van der Waals surface area contributed by atoms with Crippen molar-refractivity contribution in [3.05, 3.63) is 41.7 Å². The Balaban J connectivity index is 0.000000311. The normalized spacial score (nSPS) is 21.2. The molecule has 0 saturated carbocycles. The number of nitrogens with one attached hydrogen (secondary N) is 3. The van der Waals surface area contributed by atoms with E-state index in [0.717, 1.165) is 28.0 Å². The molecule has 5 aromatic rings. The van der Waals surface area contributed by atoms with E-state index >= 15 is 0 Å². The van der Waals surface area contributed by atoms with Gasteiger partial charge in [-0.05, 0) is 131 Å². The van der Waals surface area contributed by atoms with Crippen molar-refractivity contribution in [2.75, 3.05) is 82.0 Å². The summed E-state index contributed by atoms with van der Waals surface area (Å²) in [4.78, 5) is 167. The molecular weight excluding hydrogens is 1840 g/mol. The van der Waals surface area contributed by atoms with Gasteiger partial charge >= 0.3 is 48.6 Å². The van der Waals surface area contributed by atoms with Gasteiger partial charge in [-0.25, -0.2) is 58.3 Å². The smallest absolute Gasteiger partial charge is 0.516 e. The molecule has 3 amide bonds. The Morgan fingerprint density at radius 1 is 0.410 bits per heavy atom. The number of ether oxygens (including phenoxy) is 17. The maximum Gasteiger partial charge on any atom is 0.516 e. The molecule has 730 valence electrons. The van der Waals surface area contributed by atoms with Crippen LogP contribution in [0.3, 0.4) is 0 Å². The third kappa shape index (κ3) is 36.4. The summed E-state index contributed by atoms with van der Waals surface area (Å²) in [6, 6.07) is 1.21. The third-order valence-corrected chi connectivity index (χ3v) is 19.5. The van der Waals surface area contributed by atoms with Crippen LogP contribution in [0.5, 0.6) is 5.88 Å². The number of hydrogen-bond acceptors (Lipinski definition) is 44. The van der Waals surface area contributed by atoms with E-state index in [1.807, 2.05) is 0 Å². The first kappa shape index (κ1) is 111. The number of amides is 3. The Morgan fingerprint density at radius 3 is 1.10 bits per heavy atom. The van der Waals surface area contributed by atoms with Crippen molar-refractivity contribution in [1.29, 1.82) is 0 Å². The quantitative estimate of drug-likeness (QED) is 0.0166. The van der Waals surface area contributed by atoms with Crippen LogP contribution in [0.2, 0.25) is 0 Å². The predicted molar refractivity (Wildman–Crippen MR) is 455 cm³/mol. The summed E-state index contributed by atoms with van der Waals surface area (Å²) in [6.07, 6.45) is 15.2. The first-order valence-electron chi connectivity index (χ1n) is 39.5. The van der Waals surface area contributed by atoms with E-state index in [1.54, 1.807) is 62.3 Å². The highest BCUT2D eigenvalue weighted by Crippen LogP contribution is 2.53. The van der Waals surface area contributed by atoms with E-state index in [1.165, 1.54) is 79.3 Å². The van der Waals surface area contributed by atoms with Crippen LogP contribution in [0.25, 0.3) is 22.3 Å². The fourth-order valence-corrected chi connectivity index (χ4v) is 15.0. The topological polar surface area (TPSA) is 610 Å². The van der Waals surface area contributed by atoms with E-state index in [0.29, 0.717) is 0 Å². The highest BCUT2D eigenvalue weighted by Gasteiger charge is 2.56. The molecule has 3 aliphatic rings. The fourth-order valence-electron chi connectivity index (χ4n) is 11.1. The Bertz CT molecular complexity index is 5480. The standard InChI is InChI=1S/C30H36N5O14P.C26H34N5O11P.C25H34N3O12P/c1-10-13-41-26(36)34-25-32-22-19(23(33-25)47-28(38)43-15-12-3)31-17-35(22)24-21(46-27(37)42-14-11-2)20(18(45-24)16-44-29(4,5)6)48-50(39,40)49-30(7,8)9;1-9-11-36-23(32)30-20-17-21(28-14-27-20)31(15-29-17)22-19(40-24(33)37-12-10-2)18(16(39-22)13-38-25(3,4)5)41-43(34,35)42-26(6,7)8;1-9-13-34-22(30)27-17-11-12-28(21(29)26-17)20-19(38-23(31)35-14-10-2)18(16(37-20)15-36-24(3,4)5)39-41(32,33)40-25(6,7)8/h1-3,17-18,20-21,24H,13-16H2,4-9H3,(H,39,40)(H,32,33,34,36);1-2,14-16,18-19,22H,11-13H2,3-8H3,(H,34,35)(H,27,28,30,32);1-2,11-12,16,18-20H,13-15H2,3-8H3,(H,32,33)(H,26,27,29,30)/p-3/t18-,20?,21+,24-;16-,18?,19+,22-;16-,18?,19+,20-/m111/s1. The number of terminal acetylenes is 7. The summed E-state index contributed by atoms with van der Waals surface area (Å²) in [5, 5.41) is 6.85. The molecule has 134 heavy (non-hydrogen) atoms. The van der Waals surface area contributed by atoms with Gasteiger partial charge in [-0.15, -0.1) is 45.0 Å². The van der Waals surface area contributed by atoms with Crippen molar-refractivity contribution in [3.63, 3.8) is 0 Å². The van der Waals surface area contributed by atoms with Crippen LogP contribution < -0.4 is 41.1 Å². The number of fused-ring (bicyclic) bond motifs is 2. The maximum atomic E-state index is 13.1. The van der Waals surface area contributed by atoms with Gasteiger partial charge in [0.05, 0.1) is 66.1 Å². The highest BCUT2D eigenvalue weighted by atomic mass is 31.2. The average Bonchev–Trinajstić information content (AvgIpc) is 1.61. The van der Waals surface area contributed by atoms with Crippen LogP contribution in [0.4, 0.5) is 51.1 Å². The Kier molecular flexibility index (Phi) is 39.8. The van der Waals surface area contributed by atoms with Gasteiger partial charge in [0.25, 0.3) is 29.3 Å². The summed E-state index contributed by atoms with van der Waals surface area (Å²) in [5.41, 5.74) is -6.84. The first-order valence-corrected chi connectivity index (χ1v) is 43.9. The molecular formula is C81H101N13O37P3-3. The molecule has 3 N–H and O–H groups in total. The van der Waals surface area contributed by atoms with Gasteiger partial charge in [0.2, 0.25) is 5.95 Å². The number of carbonyl (C=O) groups excluding carboxylic acids is 7. The van der Waals surface area contributed by atoms with E-state index < -0.39 is 224 Å². The summed E-state index contributed by atoms with van der Waals surface area (Å²) < 4.78 is 165. The number of hydrogen-bond donors (Lipinski definition) is 3. The number of aromatic nitrogens is 10. The molecule has 6 unspecified atom stereocenters. The Morgan fingerprint density at radius 2 is 0.746 bits per heavy atom. The number of rotatable bonds is 32. The summed E-state index contributed by atoms with van der Waals surface area (Å²) in [5.74, 6) is 13.6. The van der Waals surface area contributed by atoms with E-state index in [9.17, 15) is 66.7 Å². The molecule has 3 aliphatic heterocycles. The van der Waals surface area contributed by atoms with Gasteiger partial charge in [-0.1, -0.05) is 41.4 Å². The number of anilines is 3. The largest absolute Gasteiger partial charge is 0.756 e. The zero-order valence-electron chi connectivity index (χ0n) is 75.8. The number of imidazole rings is 2. The zero-order chi connectivity index (χ0) is 100. The minimum Gasteiger partial charge on any atom is -0.756 e. The molecule has 0 bridgehead atoms. The molecule has 50 nitrogen and oxygen atoms in total. The highest BCUT2D eigenvalue weighted by molar-refractivity contribution is 7.46. The van der Waals surface area contributed by atoms with Crippen molar-refractivity contribution < 1.29 is 170 Å². The molecule has 0 spiro atoms. The van der Waals surface area contributed by atoms with Crippen molar-refractivity contribution >= 4 is 106 Å². The fraction of sp³-hybridized carbons (Fsp3) is 0.568. The minimum absolute atomic E-state index is 0.0299. The van der Waals surface area contributed by atoms with Crippen molar-refractivity contribution in [3.8, 4) is 92.3 Å². The van der Waals surface area contributed by atoms with E-state index in [4.69, 9.17) is 148 Å². The number of nitrogens with zero attached hydrogens (tertiary/aromatic N) is 10. The maximum absolute atomic E-state index is 13.1. The lowest BCUT2D eigenvalue weighted by Gasteiger charge is -2.35. The number of carbonyl (C=O) groups is 7. The summed E-state index contributed by atoms with van der Waals surface area (Å²) in [7, 11) is -15.2. The molecule has 53 heteroatoms. The molecule has 3 saturated heterocycles. The lowest BCUT2D eigenvalue weighted by Crippen LogP contribution is -2.42. The Hall–Kier alpha value is -12.1. The van der Waals surface area contributed by atoms with Crippen LogP contribution in [-0.2, 0) is 117 Å². The third-order valence-electron chi connectivity index (χ3n) is 15.7. The number of phosphoric acid groups is 3. The van der Waals surface area contributed by atoms with Crippen molar-refractivity contribution in [2.45, 2.75) is 232 Å². The molecule has 0 aliphatic carbocycles. The van der Waals surface area contributed by atoms with Crippen molar-refractivity contribution in [2.24, 2.45) is 0 Å². The molecule has 5 aromatic heterocycles. The molecule has 8 rings (SSSR count). The van der Waals surface area contributed by atoms with Gasteiger partial charge in [-0.2, -0.15) is 15.0 Å². The molecule has 15 atom stereocenters. The SMILES string of the molecule is C#CCOC(=O)Nc1ccn([C@@H]2O[C@H](COC(C)(C)C)C(OP(=O)([O-])OC(C)(C)C)[C@@H]2OC(=O)OCC#C)c(=O)n1.C#CCOC(=O)Nc1nc(OC(=O)OCC#C)c2ncn([C@@H]3O[C@H](COC(C)(C)C)C(OP(=O)([O-])OC(C)(C)C)[C@@H]3OC(=O)OCC#C)c2n1.C#CCOC(=O)Nc1ncnc2c1ncn2[C@@H]1O[C@H](COC(C)(C)C)C(OP(=O)([O-])OC(C)(C)C)[C@@H]1OC(=O)OCC#C. The second-order valence-electron chi connectivity index (χ2n) is 33.4. The lowest BCUT2D eigenvalue weighted by molar-refractivity contribution is -0.243. The van der Waals surface area contributed by atoms with Crippen LogP contribution >= 0.6 is 23.5 Å². The predicted octanol–water partition coefficient (Wildman–Crippen LogP) is 7.20. The zero-order valence-corrected chi connectivity index (χ0v) is 78.5. The van der Waals surface area contributed by atoms with Crippen molar-refractivity contribution in [1.82, 2.24) is 48.6 Å². The van der Waals surface area contributed by atoms with Crippen LogP contribution in [-0.4, -0.2) is 246 Å². The molecule has 0 radical (unpaired) electrons. The Labute approximate surface area is 769 Å². The van der Waals surface area contributed by atoms with Gasteiger partial charge < -0.3 is 122 Å². The van der Waals surface area contributed by atoms with Crippen LogP contribution in [0.15, 0.2) is 36.0 Å². The van der Waals surface area contributed by atoms with Gasteiger partial charge in [-0.3, -0.25) is 43.3 Å². The van der Waals surface area contributed by atoms with Crippen LogP contribution in [0, 0.1) is 86.4 Å². The van der Waals surface area contributed by atoms with Crippen LogP contribution in [0.1, 0.15) is 143 Å². The molecule has 0 aromatic carbocycles. The van der Waals surface area contributed by atoms with Gasteiger partial charge in [0.15, 0.2) is 111 Å². The van der Waals surface area contributed by atoms with E-state index in [2.05, 4.69) is 97.0 Å². The minimum atomic E-state index is -5.15. The van der Waals surface area contributed by atoms with E-state index in [-0.39, 0.29) is 67.0 Å². The number of phosphoric ester groups is 3. The second kappa shape index (κ2) is 48.2. The monoisotopic (exact) mass is 1940 g/mol.